The van der Waals surface area contributed by atoms with Crippen LogP contribution in [0.4, 0.5) is 5.69 Å². The number of H-pyrrole nitrogens is 1. The fourth-order valence-corrected chi connectivity index (χ4v) is 6.68. The zero-order valence-electron chi connectivity index (χ0n) is 28.5. The van der Waals surface area contributed by atoms with E-state index in [1.54, 1.807) is 12.3 Å². The highest BCUT2D eigenvalue weighted by molar-refractivity contribution is 6.08. The van der Waals surface area contributed by atoms with Crippen LogP contribution in [0.2, 0.25) is 0 Å². The molecule has 0 spiro atoms. The molecule has 0 bridgehead atoms. The Kier molecular flexibility index (Phi) is 8.07. The van der Waals surface area contributed by atoms with Crippen LogP contribution >= 0.6 is 0 Å². The van der Waals surface area contributed by atoms with Crippen LogP contribution in [0.1, 0.15) is 43.2 Å². The molecule has 254 valence electrons. The minimum Gasteiger partial charge on any atom is -0.396 e. The molecule has 0 radical (unpaired) electrons. The van der Waals surface area contributed by atoms with Gasteiger partial charge in [0, 0.05) is 39.7 Å². The van der Waals surface area contributed by atoms with E-state index < -0.39 is 11.8 Å². The van der Waals surface area contributed by atoms with E-state index in [-0.39, 0.29) is 17.1 Å². The largest absolute Gasteiger partial charge is 0.396 e. The number of nitrogens with zero attached hydrogens (tertiary/aromatic N) is 7. The summed E-state index contributed by atoms with van der Waals surface area (Å²) in [7, 11) is 1.94. The first kappa shape index (κ1) is 32.7. The van der Waals surface area contributed by atoms with Crippen molar-refractivity contribution in [2.45, 2.75) is 27.7 Å². The lowest BCUT2D eigenvalue weighted by Gasteiger charge is -2.13. The summed E-state index contributed by atoms with van der Waals surface area (Å²) in [5.74, 6) is 4.04. The molecule has 8 rings (SSSR count). The number of primary amides is 1. The van der Waals surface area contributed by atoms with E-state index in [2.05, 4.69) is 66.2 Å². The van der Waals surface area contributed by atoms with Crippen LogP contribution < -0.4 is 22.7 Å². The Morgan fingerprint density at radius 1 is 0.745 bits per heavy atom. The minimum atomic E-state index is -0.690. The molecule has 0 unspecified atom stereocenters. The first-order valence-electron chi connectivity index (χ1n) is 16.0. The highest BCUT2D eigenvalue weighted by Gasteiger charge is 2.18. The molecule has 4 aromatic heterocycles. The van der Waals surface area contributed by atoms with Gasteiger partial charge in [-0.25, -0.2) is 5.84 Å². The topological polar surface area (TPSA) is 222 Å². The molecule has 4 aromatic carbocycles. The number of benzene rings is 4. The van der Waals surface area contributed by atoms with Crippen molar-refractivity contribution in [2.75, 3.05) is 5.73 Å². The number of carbonyl (C=O) groups excluding carboxylic acids is 2. The number of anilines is 1. The molecule has 8 N–H and O–H groups in total. The van der Waals surface area contributed by atoms with Crippen LogP contribution in [0.15, 0.2) is 67.0 Å². The number of nitrogen functional groups attached to an aromatic ring is 2. The molecule has 0 saturated heterocycles. The van der Waals surface area contributed by atoms with Gasteiger partial charge in [-0.1, -0.05) is 24.3 Å². The fourth-order valence-electron chi connectivity index (χ4n) is 6.68. The van der Waals surface area contributed by atoms with E-state index in [1.165, 1.54) is 0 Å². The summed E-state index contributed by atoms with van der Waals surface area (Å²) in [5.41, 5.74) is 25.8. The molecule has 14 nitrogen and oxygen atoms in total. The Morgan fingerprint density at radius 2 is 1.41 bits per heavy atom. The van der Waals surface area contributed by atoms with Gasteiger partial charge in [0.25, 0.3) is 11.8 Å². The molecule has 4 heterocycles. The molecule has 2 amide bonds. The quantitative estimate of drug-likeness (QED) is 0.0964. The van der Waals surface area contributed by atoms with Crippen molar-refractivity contribution in [3.8, 4) is 22.3 Å². The van der Waals surface area contributed by atoms with Gasteiger partial charge in [-0.05, 0) is 91.4 Å². The maximum absolute atomic E-state index is 11.7. The van der Waals surface area contributed by atoms with Gasteiger partial charge < -0.3 is 11.5 Å². The van der Waals surface area contributed by atoms with Gasteiger partial charge in [0.05, 0.1) is 29.1 Å². The standard InChI is InChI=1S/C19H18N6O.C18H16N6O/c1-10-4-5-12-8-15(19(26)22-20)23-24-17(12)16(10)13-6-11(2)18-14(7-13)9-21-25(18)3;1-8-3-4-12-14(19)17(18(20)25)24-23-16(12)13(8)10-5-9(2)15-11(6-10)7-21-22-15/h4-9H,20H2,1-3H3,(H,22,26);3-7H,1-2H3,(H2,19,23)(H2,20,25)(H,21,22). The van der Waals surface area contributed by atoms with Crippen LogP contribution in [0, 0.1) is 27.7 Å². The molecule has 0 aliphatic carbocycles. The van der Waals surface area contributed by atoms with Gasteiger partial charge in [0.1, 0.15) is 11.0 Å². The average Bonchev–Trinajstić information content (AvgIpc) is 3.75. The van der Waals surface area contributed by atoms with Gasteiger partial charge in [0.2, 0.25) is 0 Å². The van der Waals surface area contributed by atoms with Crippen molar-refractivity contribution in [1.29, 1.82) is 0 Å². The molecule has 8 aromatic rings. The van der Waals surface area contributed by atoms with Crippen molar-refractivity contribution in [3.05, 3.63) is 101 Å². The van der Waals surface area contributed by atoms with Crippen molar-refractivity contribution < 1.29 is 9.59 Å². The smallest absolute Gasteiger partial charge is 0.285 e. The molecular formula is C37H34N12O2. The first-order chi connectivity index (χ1) is 24.5. The van der Waals surface area contributed by atoms with Crippen LogP contribution in [-0.2, 0) is 7.05 Å². The number of rotatable bonds is 4. The number of aromatic nitrogens is 8. The summed E-state index contributed by atoms with van der Waals surface area (Å²) >= 11 is 0. The molecule has 0 saturated carbocycles. The van der Waals surface area contributed by atoms with E-state index in [1.807, 2.05) is 69.0 Å². The maximum Gasteiger partial charge on any atom is 0.285 e. The van der Waals surface area contributed by atoms with Gasteiger partial charge >= 0.3 is 0 Å². The second-order valence-electron chi connectivity index (χ2n) is 12.5. The maximum atomic E-state index is 11.7. The van der Waals surface area contributed by atoms with Crippen LogP contribution in [0.25, 0.3) is 65.9 Å². The third-order valence-corrected chi connectivity index (χ3v) is 9.09. The molecule has 14 heteroatoms. The Hall–Kier alpha value is -6.80. The molecular weight excluding hydrogens is 644 g/mol. The van der Waals surface area contributed by atoms with Gasteiger partial charge in [-0.15, -0.1) is 20.4 Å². The number of hydrogen-bond donors (Lipinski definition) is 5. The van der Waals surface area contributed by atoms with Crippen LogP contribution in [0.5, 0.6) is 0 Å². The van der Waals surface area contributed by atoms with Crippen molar-refractivity contribution in [1.82, 2.24) is 45.8 Å². The Labute approximate surface area is 291 Å². The lowest BCUT2D eigenvalue weighted by molar-refractivity contribution is 0.0946. The fraction of sp³-hybridized carbons (Fsp3) is 0.135. The minimum absolute atomic E-state index is 0.0104. The predicted molar refractivity (Wildman–Crippen MR) is 197 cm³/mol. The van der Waals surface area contributed by atoms with E-state index in [0.717, 1.165) is 77.2 Å². The number of hydrogen-bond acceptors (Lipinski definition) is 10. The van der Waals surface area contributed by atoms with Crippen molar-refractivity contribution >= 4 is 61.1 Å². The highest BCUT2D eigenvalue weighted by atomic mass is 16.2. The summed E-state index contributed by atoms with van der Waals surface area (Å²) in [6, 6.07) is 17.8. The molecule has 0 aliphatic rings. The zero-order chi connectivity index (χ0) is 36.1. The molecule has 0 aliphatic heterocycles. The SMILES string of the molecule is Cc1ccc2c(N)c(C(N)=O)nnc2c1-c1cc(C)c2[nH]ncc2c1.Cc1ccc2cc(C(=O)NN)nnc2c1-c1cc(C)c2c(cnn2C)c1. The predicted octanol–water partition coefficient (Wildman–Crippen LogP) is 4.87. The van der Waals surface area contributed by atoms with Gasteiger partial charge in [0.15, 0.2) is 11.4 Å². The summed E-state index contributed by atoms with van der Waals surface area (Å²) in [5, 5.41) is 31.6. The zero-order valence-corrected chi connectivity index (χ0v) is 28.5. The normalized spacial score (nSPS) is 11.3. The monoisotopic (exact) mass is 678 g/mol. The van der Waals surface area contributed by atoms with E-state index >= 15 is 0 Å². The van der Waals surface area contributed by atoms with E-state index in [4.69, 9.17) is 17.3 Å². The van der Waals surface area contributed by atoms with Gasteiger partial charge in [-0.2, -0.15) is 10.2 Å². The Balaban J connectivity index is 0.000000159. The number of amides is 2. The first-order valence-corrected chi connectivity index (χ1v) is 16.0. The van der Waals surface area contributed by atoms with Gasteiger partial charge in [-0.3, -0.25) is 24.8 Å². The Bertz CT molecular complexity index is 2710. The second-order valence-corrected chi connectivity index (χ2v) is 12.5. The lowest BCUT2D eigenvalue weighted by Crippen LogP contribution is -2.30. The number of hydrazine groups is 1. The number of nitrogens with two attached hydrogens (primary N) is 3. The number of aryl methyl sites for hydroxylation is 5. The van der Waals surface area contributed by atoms with Crippen LogP contribution in [0.3, 0.4) is 0 Å². The summed E-state index contributed by atoms with van der Waals surface area (Å²) in [6.07, 6.45) is 3.65. The third-order valence-electron chi connectivity index (χ3n) is 9.09. The summed E-state index contributed by atoms with van der Waals surface area (Å²) < 4.78 is 1.88. The third kappa shape index (κ3) is 5.62. The average molecular weight is 679 g/mol. The van der Waals surface area contributed by atoms with E-state index in [9.17, 15) is 9.59 Å². The summed E-state index contributed by atoms with van der Waals surface area (Å²) in [6.45, 7) is 8.14. The number of aromatic amines is 1. The number of nitrogens with one attached hydrogen (secondary N) is 2. The van der Waals surface area contributed by atoms with Crippen LogP contribution in [-0.4, -0.2) is 52.2 Å². The number of carbonyl (C=O) groups is 2. The van der Waals surface area contributed by atoms with E-state index in [0.29, 0.717) is 10.9 Å². The Morgan fingerprint density at radius 3 is 2.14 bits per heavy atom. The molecule has 51 heavy (non-hydrogen) atoms. The van der Waals surface area contributed by atoms with Crippen molar-refractivity contribution in [3.63, 3.8) is 0 Å². The lowest BCUT2D eigenvalue weighted by atomic mass is 9.94. The summed E-state index contributed by atoms with van der Waals surface area (Å²) in [4.78, 5) is 23.2. The number of fused-ring (bicyclic) bond motifs is 4. The molecule has 0 fully saturated rings. The highest BCUT2D eigenvalue weighted by Crippen LogP contribution is 2.36. The second kappa shape index (κ2) is 12.6. The molecule has 0 atom stereocenters. The van der Waals surface area contributed by atoms with Crippen molar-refractivity contribution in [2.24, 2.45) is 18.6 Å².